The van der Waals surface area contributed by atoms with Gasteiger partial charge in [0.1, 0.15) is 5.82 Å². The molecular formula is C11H14FN3. The third kappa shape index (κ3) is 1.60. The molecule has 0 unspecified atom stereocenters. The zero-order valence-electron chi connectivity index (χ0n) is 9.37. The summed E-state index contributed by atoms with van der Waals surface area (Å²) < 4.78 is 15.2. The Morgan fingerprint density at radius 3 is 2.47 bits per heavy atom. The van der Waals surface area contributed by atoms with Crippen LogP contribution in [-0.2, 0) is 5.41 Å². The molecule has 4 heteroatoms. The Labute approximate surface area is 87.9 Å². The van der Waals surface area contributed by atoms with Crippen molar-refractivity contribution in [2.24, 2.45) is 0 Å². The summed E-state index contributed by atoms with van der Waals surface area (Å²) in [6.07, 6.45) is 0. The fourth-order valence-corrected chi connectivity index (χ4v) is 1.54. The van der Waals surface area contributed by atoms with E-state index < -0.39 is 0 Å². The summed E-state index contributed by atoms with van der Waals surface area (Å²) >= 11 is 0. The molecule has 0 saturated carbocycles. The van der Waals surface area contributed by atoms with Crippen LogP contribution in [0, 0.1) is 12.9 Å². The van der Waals surface area contributed by atoms with Gasteiger partial charge in [0.25, 0.3) is 0 Å². The number of pyridine rings is 1. The molecule has 2 rings (SSSR count). The first kappa shape index (κ1) is 10.1. The Bertz CT molecular complexity index is 508. The number of aryl methyl sites for hydroxylation is 1. The Kier molecular flexibility index (Phi) is 2.03. The van der Waals surface area contributed by atoms with Gasteiger partial charge < -0.3 is 0 Å². The minimum Gasteiger partial charge on any atom is -0.255 e. The summed E-state index contributed by atoms with van der Waals surface area (Å²) in [5.74, 6) is 0.267. The lowest BCUT2D eigenvalue weighted by Crippen LogP contribution is -2.12. The van der Waals surface area contributed by atoms with Crippen LogP contribution in [0.2, 0.25) is 0 Å². The maximum Gasteiger partial charge on any atom is 0.201 e. The van der Waals surface area contributed by atoms with Gasteiger partial charge in [-0.15, -0.1) is 10.2 Å². The van der Waals surface area contributed by atoms with Crippen molar-refractivity contribution in [1.29, 1.82) is 0 Å². The molecule has 15 heavy (non-hydrogen) atoms. The molecule has 2 aromatic heterocycles. The number of fused-ring (bicyclic) bond motifs is 1. The van der Waals surface area contributed by atoms with E-state index in [0.717, 1.165) is 5.56 Å². The predicted octanol–water partition coefficient (Wildman–Crippen LogP) is 2.47. The van der Waals surface area contributed by atoms with Crippen LogP contribution in [-0.4, -0.2) is 14.6 Å². The average Bonchev–Trinajstić information content (AvgIpc) is 2.46. The van der Waals surface area contributed by atoms with Gasteiger partial charge in [0.15, 0.2) is 5.65 Å². The standard InChI is InChI=1S/C11H14FN3/c1-7-13-14-10-6-8(11(2,3)4)5-9(12)15(7)10/h5-6H,1-4H3. The topological polar surface area (TPSA) is 30.2 Å². The lowest BCUT2D eigenvalue weighted by atomic mass is 9.88. The number of rotatable bonds is 0. The van der Waals surface area contributed by atoms with E-state index in [1.54, 1.807) is 13.0 Å². The maximum absolute atomic E-state index is 13.8. The largest absolute Gasteiger partial charge is 0.255 e. The van der Waals surface area contributed by atoms with Gasteiger partial charge in [0.2, 0.25) is 5.95 Å². The summed E-state index contributed by atoms with van der Waals surface area (Å²) in [6.45, 7) is 7.87. The molecule has 0 aliphatic heterocycles. The van der Waals surface area contributed by atoms with Crippen LogP contribution in [0.1, 0.15) is 32.2 Å². The molecule has 2 aromatic rings. The second-order valence-electron chi connectivity index (χ2n) is 4.76. The van der Waals surface area contributed by atoms with Crippen LogP contribution in [0.25, 0.3) is 5.65 Å². The van der Waals surface area contributed by atoms with Gasteiger partial charge in [-0.2, -0.15) is 4.39 Å². The molecule has 2 heterocycles. The van der Waals surface area contributed by atoms with Crippen LogP contribution in [0.4, 0.5) is 4.39 Å². The molecule has 0 aliphatic rings. The van der Waals surface area contributed by atoms with E-state index in [1.165, 1.54) is 4.40 Å². The van der Waals surface area contributed by atoms with Gasteiger partial charge in [-0.1, -0.05) is 20.8 Å². The third-order valence-corrected chi connectivity index (χ3v) is 2.49. The first-order valence-corrected chi connectivity index (χ1v) is 4.91. The van der Waals surface area contributed by atoms with Crippen molar-refractivity contribution in [2.45, 2.75) is 33.1 Å². The second-order valence-corrected chi connectivity index (χ2v) is 4.76. The smallest absolute Gasteiger partial charge is 0.201 e. The highest BCUT2D eigenvalue weighted by atomic mass is 19.1. The molecule has 0 radical (unpaired) electrons. The Hall–Kier alpha value is -1.45. The van der Waals surface area contributed by atoms with Crippen LogP contribution >= 0.6 is 0 Å². The normalized spacial score (nSPS) is 12.3. The molecular weight excluding hydrogens is 193 g/mol. The summed E-state index contributed by atoms with van der Waals surface area (Å²) in [6, 6.07) is 3.42. The molecule has 0 aromatic carbocycles. The number of halogens is 1. The molecule has 0 atom stereocenters. The lowest BCUT2D eigenvalue weighted by molar-refractivity contribution is 0.539. The van der Waals surface area contributed by atoms with Crippen LogP contribution in [0.15, 0.2) is 12.1 Å². The van der Waals surface area contributed by atoms with E-state index >= 15 is 0 Å². The molecule has 0 aliphatic carbocycles. The Balaban J connectivity index is 2.74. The third-order valence-electron chi connectivity index (χ3n) is 2.49. The maximum atomic E-state index is 13.8. The predicted molar refractivity (Wildman–Crippen MR) is 56.4 cm³/mol. The van der Waals surface area contributed by atoms with Crippen molar-refractivity contribution >= 4 is 5.65 Å². The van der Waals surface area contributed by atoms with Crippen molar-refractivity contribution in [1.82, 2.24) is 14.6 Å². The molecule has 3 nitrogen and oxygen atoms in total. The van der Waals surface area contributed by atoms with Crippen molar-refractivity contribution in [3.63, 3.8) is 0 Å². The quantitative estimate of drug-likeness (QED) is 0.621. The number of aromatic nitrogens is 3. The fraction of sp³-hybridized carbons (Fsp3) is 0.455. The van der Waals surface area contributed by atoms with E-state index in [4.69, 9.17) is 0 Å². The van der Waals surface area contributed by atoms with Gasteiger partial charge in [0.05, 0.1) is 0 Å². The van der Waals surface area contributed by atoms with Crippen molar-refractivity contribution in [3.05, 3.63) is 29.5 Å². The summed E-state index contributed by atoms with van der Waals surface area (Å²) in [7, 11) is 0. The number of hydrogen-bond donors (Lipinski definition) is 0. The molecule has 0 saturated heterocycles. The highest BCUT2D eigenvalue weighted by Gasteiger charge is 2.17. The van der Waals surface area contributed by atoms with Gasteiger partial charge in [-0.05, 0) is 30.0 Å². The van der Waals surface area contributed by atoms with E-state index in [0.29, 0.717) is 11.5 Å². The molecule has 0 fully saturated rings. The van der Waals surface area contributed by atoms with Crippen molar-refractivity contribution in [3.8, 4) is 0 Å². The zero-order chi connectivity index (χ0) is 11.2. The fourth-order valence-electron chi connectivity index (χ4n) is 1.54. The van der Waals surface area contributed by atoms with Crippen LogP contribution in [0.3, 0.4) is 0 Å². The van der Waals surface area contributed by atoms with Gasteiger partial charge in [-0.25, -0.2) is 0 Å². The Morgan fingerprint density at radius 1 is 1.20 bits per heavy atom. The number of hydrogen-bond acceptors (Lipinski definition) is 2. The molecule has 0 bridgehead atoms. The first-order chi connectivity index (χ1) is 6.89. The second kappa shape index (κ2) is 3.02. The minimum absolute atomic E-state index is 0.0809. The number of nitrogens with zero attached hydrogens (tertiary/aromatic N) is 3. The van der Waals surface area contributed by atoms with Crippen LogP contribution < -0.4 is 0 Å². The van der Waals surface area contributed by atoms with Gasteiger partial charge in [-0.3, -0.25) is 4.40 Å². The van der Waals surface area contributed by atoms with Gasteiger partial charge in [0, 0.05) is 0 Å². The summed E-state index contributed by atoms with van der Waals surface area (Å²) in [5, 5.41) is 7.78. The summed E-state index contributed by atoms with van der Waals surface area (Å²) in [4.78, 5) is 0. The Morgan fingerprint density at radius 2 is 1.87 bits per heavy atom. The van der Waals surface area contributed by atoms with E-state index in [1.807, 2.05) is 26.8 Å². The zero-order valence-corrected chi connectivity index (χ0v) is 9.37. The molecule has 80 valence electrons. The van der Waals surface area contributed by atoms with Gasteiger partial charge >= 0.3 is 0 Å². The van der Waals surface area contributed by atoms with E-state index in [2.05, 4.69) is 10.2 Å². The van der Waals surface area contributed by atoms with Crippen molar-refractivity contribution < 1.29 is 4.39 Å². The molecule has 0 amide bonds. The SMILES string of the molecule is Cc1nnc2cc(C(C)(C)C)cc(F)n12. The summed E-state index contributed by atoms with van der Waals surface area (Å²) in [5.41, 5.74) is 1.42. The first-order valence-electron chi connectivity index (χ1n) is 4.91. The van der Waals surface area contributed by atoms with Crippen LogP contribution in [0.5, 0.6) is 0 Å². The monoisotopic (exact) mass is 207 g/mol. The van der Waals surface area contributed by atoms with E-state index in [-0.39, 0.29) is 11.4 Å². The highest BCUT2D eigenvalue weighted by Crippen LogP contribution is 2.24. The lowest BCUT2D eigenvalue weighted by Gasteiger charge is -2.19. The average molecular weight is 207 g/mol. The van der Waals surface area contributed by atoms with E-state index in [9.17, 15) is 4.39 Å². The van der Waals surface area contributed by atoms with Crippen molar-refractivity contribution in [2.75, 3.05) is 0 Å². The molecule has 0 spiro atoms. The highest BCUT2D eigenvalue weighted by molar-refractivity contribution is 5.43. The molecule has 0 N–H and O–H groups in total. The minimum atomic E-state index is -0.306.